The number of esters is 4. The molecule has 4 heterocycles. The molecule has 9 aliphatic rings. The number of ketones is 4. The van der Waals surface area contributed by atoms with Gasteiger partial charge in [-0.1, -0.05) is 101 Å². The van der Waals surface area contributed by atoms with Crippen molar-refractivity contribution in [1.82, 2.24) is 0 Å². The molecule has 0 aromatic heterocycles. The number of Topliss-reactive ketones (excluding diaryl/α,β-unsaturated/α-hetero) is 4. The second kappa shape index (κ2) is 21.4. The van der Waals surface area contributed by atoms with Gasteiger partial charge in [0.2, 0.25) is 23.1 Å². The Balaban J connectivity index is 1.26. The highest BCUT2D eigenvalue weighted by atomic mass is 16.6. The van der Waals surface area contributed by atoms with E-state index >= 15 is 19.2 Å². The average molecular weight is 1190 g/mol. The van der Waals surface area contributed by atoms with Crippen LogP contribution >= 0.6 is 0 Å². The van der Waals surface area contributed by atoms with E-state index in [1.54, 1.807) is 39.8 Å². The first kappa shape index (κ1) is 62.5. The van der Waals surface area contributed by atoms with E-state index in [1.165, 1.54) is 102 Å². The fraction of sp³-hybridized carbons (Fsp3) is 0.455. The van der Waals surface area contributed by atoms with E-state index < -0.39 is 187 Å². The summed E-state index contributed by atoms with van der Waals surface area (Å²) in [5.41, 5.74) is -16.8. The van der Waals surface area contributed by atoms with Gasteiger partial charge < -0.3 is 59.8 Å². The summed E-state index contributed by atoms with van der Waals surface area (Å²) >= 11 is 0. The zero-order valence-corrected chi connectivity index (χ0v) is 49.5. The number of carbonyl (C=O) groups excluding carboxylic acids is 8. The van der Waals surface area contributed by atoms with E-state index in [0.717, 1.165) is 12.2 Å². The standard InChI is InChI=1S/C66H72O20/c1-33-13-11-17-59(7)25-39(29-67)35(3)21-63(59)51(75)45(55(79)83-63)44(72)16-20-62(10)28-42(32-70)38(6)24-66(62)54(78)48(58(82)86-66)50(74)34(2)14-12-18-60(8)26-40(30-68)36(4)22-64(60)52(76)46(56(80)84-64)43(71)15-19-61(9)27-41(31-69)37(5)23-65(61)53(77)47(49(33)73)57(81)85-65/h11-20,25-28,35-38,67-74H,21-24,29-32H2,1-10H3. The summed E-state index contributed by atoms with van der Waals surface area (Å²) in [6.07, 6.45) is 17.8. The third-order valence-electron chi connectivity index (χ3n) is 19.8. The molecule has 9 rings (SSSR count). The second-order valence-corrected chi connectivity index (χ2v) is 25.3. The monoisotopic (exact) mass is 1180 g/mol. The molecule has 12 atom stereocenters. The zero-order chi connectivity index (χ0) is 63.4. The van der Waals surface area contributed by atoms with Crippen molar-refractivity contribution in [3.05, 3.63) is 164 Å². The number of ether oxygens (including phenoxy) is 4. The quantitative estimate of drug-likeness (QED) is 0.0629. The first-order chi connectivity index (χ1) is 40.2. The molecule has 4 fully saturated rings. The van der Waals surface area contributed by atoms with Gasteiger partial charge in [-0.2, -0.15) is 0 Å². The van der Waals surface area contributed by atoms with Crippen molar-refractivity contribution < 1.29 is 98.2 Å². The fourth-order valence-corrected chi connectivity index (χ4v) is 14.3. The maximum absolute atomic E-state index is 15.0. The van der Waals surface area contributed by atoms with Crippen molar-refractivity contribution in [2.45, 2.75) is 117 Å². The van der Waals surface area contributed by atoms with E-state index in [0.29, 0.717) is 22.3 Å². The van der Waals surface area contributed by atoms with Crippen LogP contribution in [-0.2, 0) is 57.3 Å². The van der Waals surface area contributed by atoms with Gasteiger partial charge in [-0.25, -0.2) is 19.2 Å². The Morgan fingerprint density at radius 3 is 0.884 bits per heavy atom. The molecule has 86 heavy (non-hydrogen) atoms. The molecule has 8 bridgehead atoms. The normalized spacial score (nSPS) is 37.9. The molecular formula is C66H72O20. The fourth-order valence-electron chi connectivity index (χ4n) is 14.3. The molecule has 0 amide bonds. The van der Waals surface area contributed by atoms with Crippen LogP contribution in [0.15, 0.2) is 164 Å². The van der Waals surface area contributed by atoms with Gasteiger partial charge in [-0.3, -0.25) is 19.2 Å². The Hall–Kier alpha value is -8.04. The number of allylic oxidation sites excluding steroid dienone is 8. The van der Waals surface area contributed by atoms with Crippen molar-refractivity contribution >= 4 is 47.0 Å². The predicted octanol–water partition coefficient (Wildman–Crippen LogP) is 6.68. The lowest BCUT2D eigenvalue weighted by molar-refractivity contribution is -0.162. The smallest absolute Gasteiger partial charge is 0.346 e. The zero-order valence-electron chi connectivity index (χ0n) is 49.5. The molecule has 0 saturated carbocycles. The number of aliphatic hydroxyl groups excluding tert-OH is 8. The van der Waals surface area contributed by atoms with Gasteiger partial charge in [0.1, 0.15) is 45.3 Å². The highest BCUT2D eigenvalue weighted by molar-refractivity contribution is 6.29. The summed E-state index contributed by atoms with van der Waals surface area (Å²) < 4.78 is 24.1. The molecule has 4 aliphatic heterocycles. The molecule has 20 heteroatoms. The Morgan fingerprint density at radius 2 is 0.628 bits per heavy atom. The maximum atomic E-state index is 15.0. The van der Waals surface area contributed by atoms with Gasteiger partial charge in [-0.15, -0.1) is 0 Å². The number of carbonyl (C=O) groups is 8. The lowest BCUT2D eigenvalue weighted by atomic mass is 9.60. The molecule has 0 radical (unpaired) electrons. The van der Waals surface area contributed by atoms with Crippen LogP contribution in [0.4, 0.5) is 0 Å². The number of hydrogen-bond donors (Lipinski definition) is 8. The van der Waals surface area contributed by atoms with Crippen LogP contribution < -0.4 is 0 Å². The SMILES string of the molecule is CC1=CC=CC2(C)C=C(CO)C(C)CC23OC(=O)C(=C(O)C=CC2(C)C=C(CO)C(C)CC24OC(=O)C(=C(O)C(C)=CC=CC2(C)C=C(CO)C(C)CC25OC(=O)C(=C(O)C=CC2(C)C=C(CO)C(C)CC26OC(=O)C(=C1O)C6=O)C5=O)C4=O)C3=O. The molecule has 4 saturated heterocycles. The van der Waals surface area contributed by atoms with Gasteiger partial charge in [0.25, 0.3) is 0 Å². The molecule has 5 aliphatic carbocycles. The summed E-state index contributed by atoms with van der Waals surface area (Å²) in [4.78, 5) is 116. The lowest BCUT2D eigenvalue weighted by Gasteiger charge is -2.45. The minimum atomic E-state index is -2.16. The average Bonchev–Trinajstić information content (AvgIpc) is 1.52. The summed E-state index contributed by atoms with van der Waals surface area (Å²) in [6, 6.07) is 0. The summed E-state index contributed by atoms with van der Waals surface area (Å²) in [5, 5.41) is 89.5. The summed E-state index contributed by atoms with van der Waals surface area (Å²) in [6.45, 7) is 13.5. The maximum Gasteiger partial charge on any atom is 0.346 e. The van der Waals surface area contributed by atoms with E-state index in [1.807, 2.05) is 0 Å². The summed E-state index contributed by atoms with van der Waals surface area (Å²) in [5.74, 6) is -14.6. The van der Waals surface area contributed by atoms with Crippen molar-refractivity contribution in [3.63, 3.8) is 0 Å². The van der Waals surface area contributed by atoms with E-state index in [9.17, 15) is 60.0 Å². The lowest BCUT2D eigenvalue weighted by Crippen LogP contribution is -2.54. The van der Waals surface area contributed by atoms with E-state index in [2.05, 4.69) is 0 Å². The first-order valence-corrected chi connectivity index (χ1v) is 28.5. The minimum absolute atomic E-state index is 0.0739. The van der Waals surface area contributed by atoms with Crippen LogP contribution in [0.2, 0.25) is 0 Å². The molecular weight excluding hydrogens is 1110 g/mol. The second-order valence-electron chi connectivity index (χ2n) is 25.3. The Bertz CT molecular complexity index is 3370. The molecule has 0 aromatic rings. The highest BCUT2D eigenvalue weighted by Crippen LogP contribution is 2.58. The third-order valence-corrected chi connectivity index (χ3v) is 19.8. The van der Waals surface area contributed by atoms with Crippen molar-refractivity contribution in [2.24, 2.45) is 45.3 Å². The Kier molecular flexibility index (Phi) is 15.6. The van der Waals surface area contributed by atoms with Crippen LogP contribution in [0.1, 0.15) is 94.9 Å². The van der Waals surface area contributed by atoms with Gasteiger partial charge in [-0.05, 0) is 111 Å². The van der Waals surface area contributed by atoms with E-state index in [4.69, 9.17) is 18.9 Å². The predicted molar refractivity (Wildman–Crippen MR) is 306 cm³/mol. The van der Waals surface area contributed by atoms with Crippen LogP contribution in [0.5, 0.6) is 0 Å². The molecule has 0 aromatic carbocycles. The number of fused-ring (bicyclic) bond motifs is 4. The number of hydrogen-bond acceptors (Lipinski definition) is 20. The van der Waals surface area contributed by atoms with E-state index in [-0.39, 0.29) is 36.8 Å². The molecule has 456 valence electrons. The van der Waals surface area contributed by atoms with Crippen LogP contribution in [-0.4, -0.2) is 137 Å². The first-order valence-electron chi connectivity index (χ1n) is 28.5. The van der Waals surface area contributed by atoms with Gasteiger partial charge in [0, 0.05) is 25.7 Å². The van der Waals surface area contributed by atoms with Crippen LogP contribution in [0.3, 0.4) is 0 Å². The molecule has 8 N–H and O–H groups in total. The van der Waals surface area contributed by atoms with Gasteiger partial charge >= 0.3 is 23.9 Å². The van der Waals surface area contributed by atoms with Gasteiger partial charge in [0.15, 0.2) is 22.4 Å². The van der Waals surface area contributed by atoms with Crippen LogP contribution in [0, 0.1) is 45.3 Å². The number of rotatable bonds is 4. The van der Waals surface area contributed by atoms with Crippen molar-refractivity contribution in [3.8, 4) is 0 Å². The number of aliphatic hydroxyl groups is 8. The molecule has 20 nitrogen and oxygen atoms in total. The van der Waals surface area contributed by atoms with Gasteiger partial charge in [0.05, 0.1) is 48.1 Å². The largest absolute Gasteiger partial charge is 0.507 e. The molecule has 12 unspecified atom stereocenters. The molecule has 4 spiro atoms. The van der Waals surface area contributed by atoms with Crippen molar-refractivity contribution in [2.75, 3.05) is 26.4 Å². The summed E-state index contributed by atoms with van der Waals surface area (Å²) in [7, 11) is 0. The minimum Gasteiger partial charge on any atom is -0.507 e. The highest BCUT2D eigenvalue weighted by Gasteiger charge is 2.68. The Morgan fingerprint density at radius 1 is 0.395 bits per heavy atom. The van der Waals surface area contributed by atoms with Crippen molar-refractivity contribution in [1.29, 1.82) is 0 Å². The Labute approximate surface area is 496 Å². The van der Waals surface area contributed by atoms with Crippen LogP contribution in [0.25, 0.3) is 0 Å². The topological polar surface area (TPSA) is 335 Å². The third kappa shape index (κ3) is 8.98.